The van der Waals surface area contributed by atoms with Gasteiger partial charge in [-0.2, -0.15) is 4.98 Å². The Hall–Kier alpha value is -4.14. The standard InChI is InChI=1S/C31H32F2N8O/c1-4-21-23(32)10-7-17-12-24(42)36-28(25(17)21)29-26(33)27-22(13-35-29)30(39(2)14-18-6-5-11-34-18)38-31(37-27)41-15-19-8-9-20(16-41)40(19)3/h1,7,10,12-13,18-20,34H,5-6,8-9,11,14-16H2,2-3H3,(H,36,42)/t18-,19?,20?/m0/s1. The molecule has 9 nitrogen and oxygen atoms in total. The van der Waals surface area contributed by atoms with Crippen LogP contribution in [0, 0.1) is 24.0 Å². The van der Waals surface area contributed by atoms with Gasteiger partial charge in [0.15, 0.2) is 5.82 Å². The number of benzene rings is 1. The Balaban J connectivity index is 1.42. The molecule has 0 radical (unpaired) electrons. The van der Waals surface area contributed by atoms with E-state index in [-0.39, 0.29) is 27.9 Å². The molecule has 2 unspecified atom stereocenters. The van der Waals surface area contributed by atoms with Crippen molar-refractivity contribution in [3.63, 3.8) is 0 Å². The Morgan fingerprint density at radius 3 is 2.67 bits per heavy atom. The van der Waals surface area contributed by atoms with E-state index in [0.717, 1.165) is 45.3 Å². The van der Waals surface area contributed by atoms with Gasteiger partial charge in [-0.25, -0.2) is 13.8 Å². The van der Waals surface area contributed by atoms with Crippen molar-refractivity contribution in [3.05, 3.63) is 51.9 Å². The summed E-state index contributed by atoms with van der Waals surface area (Å²) in [5, 5.41) is 4.59. The summed E-state index contributed by atoms with van der Waals surface area (Å²) >= 11 is 0. The summed E-state index contributed by atoms with van der Waals surface area (Å²) < 4.78 is 31.4. The molecule has 3 atom stereocenters. The van der Waals surface area contributed by atoms with Crippen molar-refractivity contribution in [3.8, 4) is 23.7 Å². The molecule has 2 N–H and O–H groups in total. The molecule has 3 fully saturated rings. The van der Waals surface area contributed by atoms with Gasteiger partial charge in [0, 0.05) is 62.5 Å². The van der Waals surface area contributed by atoms with Crippen LogP contribution in [0.15, 0.2) is 29.2 Å². The van der Waals surface area contributed by atoms with Crippen LogP contribution >= 0.6 is 0 Å². The molecule has 7 rings (SSSR count). The maximum atomic E-state index is 16.7. The quantitative estimate of drug-likeness (QED) is 0.354. The van der Waals surface area contributed by atoms with Crippen LogP contribution in [-0.2, 0) is 0 Å². The van der Waals surface area contributed by atoms with Crippen LogP contribution in [0.2, 0.25) is 0 Å². The molecule has 2 bridgehead atoms. The number of terminal acetylenes is 1. The molecule has 0 spiro atoms. The van der Waals surface area contributed by atoms with Gasteiger partial charge >= 0.3 is 0 Å². The summed E-state index contributed by atoms with van der Waals surface area (Å²) in [7, 11) is 4.11. The van der Waals surface area contributed by atoms with Gasteiger partial charge in [-0.05, 0) is 50.7 Å². The summed E-state index contributed by atoms with van der Waals surface area (Å²) in [6.45, 7) is 3.19. The van der Waals surface area contributed by atoms with Crippen LogP contribution in [0.4, 0.5) is 20.5 Å². The highest BCUT2D eigenvalue weighted by Gasteiger charge is 2.39. The molecule has 3 saturated heterocycles. The first kappa shape index (κ1) is 26.7. The molecule has 0 aliphatic carbocycles. The lowest BCUT2D eigenvalue weighted by molar-refractivity contribution is 0.211. The number of nitrogens with zero attached hydrogens (tertiary/aromatic N) is 6. The van der Waals surface area contributed by atoms with Crippen molar-refractivity contribution in [2.75, 3.05) is 50.1 Å². The van der Waals surface area contributed by atoms with E-state index in [1.165, 1.54) is 24.4 Å². The van der Waals surface area contributed by atoms with Crippen LogP contribution in [0.25, 0.3) is 33.1 Å². The van der Waals surface area contributed by atoms with Crippen molar-refractivity contribution >= 4 is 33.4 Å². The van der Waals surface area contributed by atoms with Gasteiger partial charge in [-0.15, -0.1) is 6.42 Å². The van der Waals surface area contributed by atoms with E-state index >= 15 is 4.39 Å². The van der Waals surface area contributed by atoms with E-state index in [1.807, 2.05) is 11.9 Å². The van der Waals surface area contributed by atoms with E-state index in [1.54, 1.807) is 0 Å². The lowest BCUT2D eigenvalue weighted by Crippen LogP contribution is -2.52. The Morgan fingerprint density at radius 1 is 1.17 bits per heavy atom. The van der Waals surface area contributed by atoms with Gasteiger partial charge in [0.2, 0.25) is 11.5 Å². The number of anilines is 2. The zero-order valence-corrected chi connectivity index (χ0v) is 23.6. The predicted octanol–water partition coefficient (Wildman–Crippen LogP) is 3.26. The van der Waals surface area contributed by atoms with E-state index in [2.05, 4.69) is 38.1 Å². The highest BCUT2D eigenvalue weighted by atomic mass is 19.1. The number of piperazine rings is 1. The second-order valence-electron chi connectivity index (χ2n) is 11.7. The van der Waals surface area contributed by atoms with Gasteiger partial charge in [-0.1, -0.05) is 12.0 Å². The van der Waals surface area contributed by atoms with Crippen LogP contribution in [-0.4, -0.2) is 83.2 Å². The molecule has 0 saturated carbocycles. The molecule has 216 valence electrons. The molecular weight excluding hydrogens is 538 g/mol. The van der Waals surface area contributed by atoms with Crippen molar-refractivity contribution < 1.29 is 8.78 Å². The topological polar surface area (TPSA) is 93.3 Å². The minimum absolute atomic E-state index is 0.0206. The number of hydrogen-bond acceptors (Lipinski definition) is 8. The molecular formula is C31H32F2N8O. The maximum absolute atomic E-state index is 16.7. The van der Waals surface area contributed by atoms with E-state index in [4.69, 9.17) is 16.4 Å². The Morgan fingerprint density at radius 2 is 1.95 bits per heavy atom. The Kier molecular flexibility index (Phi) is 6.55. The number of likely N-dealkylation sites (N-methyl/N-ethyl adjacent to an activating group) is 2. The summed E-state index contributed by atoms with van der Waals surface area (Å²) in [6, 6.07) is 5.05. The van der Waals surface area contributed by atoms with Gasteiger partial charge in [-0.3, -0.25) is 14.7 Å². The molecule has 11 heteroatoms. The molecule has 3 aliphatic heterocycles. The van der Waals surface area contributed by atoms with Crippen molar-refractivity contribution in [2.45, 2.75) is 43.8 Å². The molecule has 1 aromatic carbocycles. The molecule has 42 heavy (non-hydrogen) atoms. The third-order valence-electron chi connectivity index (χ3n) is 9.15. The summed E-state index contributed by atoms with van der Waals surface area (Å²) in [5.41, 5.74) is -0.585. The molecule has 3 aliphatic rings. The Labute approximate surface area is 242 Å². The van der Waals surface area contributed by atoms with Crippen molar-refractivity contribution in [1.82, 2.24) is 30.2 Å². The number of halogens is 2. The zero-order valence-electron chi connectivity index (χ0n) is 23.6. The zero-order chi connectivity index (χ0) is 29.1. The number of hydrogen-bond donors (Lipinski definition) is 2. The number of pyridine rings is 2. The number of aromatic nitrogens is 4. The molecule has 0 amide bonds. The molecule has 3 aromatic heterocycles. The summed E-state index contributed by atoms with van der Waals surface area (Å²) in [6.07, 6.45) is 11.6. The first-order valence-electron chi connectivity index (χ1n) is 14.4. The maximum Gasteiger partial charge on any atom is 0.249 e. The van der Waals surface area contributed by atoms with E-state index in [0.29, 0.717) is 47.2 Å². The largest absolute Gasteiger partial charge is 0.357 e. The second-order valence-corrected chi connectivity index (χ2v) is 11.7. The second kappa shape index (κ2) is 10.3. The first-order valence-corrected chi connectivity index (χ1v) is 14.4. The van der Waals surface area contributed by atoms with E-state index < -0.39 is 17.2 Å². The SMILES string of the molecule is C#Cc1c(F)ccc2cc(=O)[nH]c(-c3ncc4c(N(C)C[C@@H]5CCCN5)nc(N5CC6CCC(C5)N6C)nc4c3F)c12. The monoisotopic (exact) mass is 570 g/mol. The third kappa shape index (κ3) is 4.37. The van der Waals surface area contributed by atoms with E-state index in [9.17, 15) is 9.18 Å². The fourth-order valence-electron chi connectivity index (χ4n) is 6.91. The van der Waals surface area contributed by atoms with Gasteiger partial charge in [0.1, 0.15) is 22.8 Å². The average molecular weight is 571 g/mol. The molecule has 6 heterocycles. The number of H-pyrrole nitrogens is 1. The smallest absolute Gasteiger partial charge is 0.249 e. The highest BCUT2D eigenvalue weighted by Crippen LogP contribution is 2.36. The average Bonchev–Trinajstić information content (AvgIpc) is 3.55. The minimum Gasteiger partial charge on any atom is -0.357 e. The third-order valence-corrected chi connectivity index (χ3v) is 9.15. The van der Waals surface area contributed by atoms with Crippen LogP contribution in [0.5, 0.6) is 0 Å². The van der Waals surface area contributed by atoms with Crippen LogP contribution in [0.1, 0.15) is 31.2 Å². The summed E-state index contributed by atoms with van der Waals surface area (Å²) in [4.78, 5) is 36.1. The van der Waals surface area contributed by atoms with Gasteiger partial charge in [0.25, 0.3) is 0 Å². The molecule has 4 aromatic rings. The minimum atomic E-state index is -0.725. The van der Waals surface area contributed by atoms with Crippen LogP contribution < -0.4 is 20.7 Å². The fraction of sp³-hybridized carbons (Fsp3) is 0.419. The van der Waals surface area contributed by atoms with Crippen molar-refractivity contribution in [2.24, 2.45) is 0 Å². The number of rotatable bonds is 5. The number of fused-ring (bicyclic) bond motifs is 4. The Bertz CT molecular complexity index is 1800. The normalized spacial score (nSPS) is 22.3. The lowest BCUT2D eigenvalue weighted by Gasteiger charge is -2.39. The first-order chi connectivity index (χ1) is 20.3. The fourth-order valence-corrected chi connectivity index (χ4v) is 6.91. The van der Waals surface area contributed by atoms with Gasteiger partial charge in [0.05, 0.1) is 16.6 Å². The highest BCUT2D eigenvalue weighted by molar-refractivity contribution is 6.00. The lowest BCUT2D eigenvalue weighted by atomic mass is 10.0. The number of aromatic amines is 1. The van der Waals surface area contributed by atoms with Crippen LogP contribution in [0.3, 0.4) is 0 Å². The predicted molar refractivity (Wildman–Crippen MR) is 160 cm³/mol. The van der Waals surface area contributed by atoms with Crippen molar-refractivity contribution in [1.29, 1.82) is 0 Å². The number of nitrogens with one attached hydrogen (secondary N) is 2. The summed E-state index contributed by atoms with van der Waals surface area (Å²) in [5.74, 6) is 2.05. The van der Waals surface area contributed by atoms with Gasteiger partial charge < -0.3 is 20.1 Å².